The van der Waals surface area contributed by atoms with Gasteiger partial charge >= 0.3 is 12.0 Å². The third-order valence-electron chi connectivity index (χ3n) is 6.30. The number of carbonyl (C=O) groups excluding carboxylic acids is 2. The topological polar surface area (TPSA) is 148 Å². The van der Waals surface area contributed by atoms with Crippen molar-refractivity contribution in [1.82, 2.24) is 25.8 Å². The normalized spacial score (nSPS) is 20.8. The van der Waals surface area contributed by atoms with Crippen LogP contribution in [-0.4, -0.2) is 57.3 Å². The smallest absolute Gasteiger partial charge is 0.325 e. The standard InChI is InChI=1S/C27H33N5O6S/c1-3-36-23(34)13-29-26(35)28-12-18-4-10-21(11-5-18)25-37-22(15-39-27-30-16-31-32-27)17(2)24(38-25)20-8-6-19(14-33)7-9-20/h4-11,16-17,22,24-25,33H,3,12-15H2,1-2H3,(H2,28,29,35)(H,30,31,32). The van der Waals surface area contributed by atoms with Crippen LogP contribution in [0.5, 0.6) is 0 Å². The van der Waals surface area contributed by atoms with Crippen molar-refractivity contribution in [3.8, 4) is 0 Å². The number of nitrogens with one attached hydrogen (secondary N) is 3. The lowest BCUT2D eigenvalue weighted by Crippen LogP contribution is -2.39. The molecule has 1 fully saturated rings. The van der Waals surface area contributed by atoms with Crippen LogP contribution in [0.4, 0.5) is 4.79 Å². The van der Waals surface area contributed by atoms with E-state index in [0.29, 0.717) is 5.75 Å². The number of aromatic nitrogens is 3. The second kappa shape index (κ2) is 14.1. The lowest BCUT2D eigenvalue weighted by molar-refractivity contribution is -0.268. The summed E-state index contributed by atoms with van der Waals surface area (Å²) in [6, 6.07) is 14.9. The first-order chi connectivity index (χ1) is 19.0. The molecule has 1 aromatic heterocycles. The number of hydrogen-bond acceptors (Lipinski definition) is 9. The zero-order valence-corrected chi connectivity index (χ0v) is 22.6. The number of ether oxygens (including phenoxy) is 3. The van der Waals surface area contributed by atoms with E-state index >= 15 is 0 Å². The van der Waals surface area contributed by atoms with E-state index in [4.69, 9.17) is 14.2 Å². The van der Waals surface area contributed by atoms with Crippen LogP contribution in [0.1, 0.15) is 48.5 Å². The van der Waals surface area contributed by atoms with Gasteiger partial charge in [0.2, 0.25) is 0 Å². The minimum Gasteiger partial charge on any atom is -0.465 e. The van der Waals surface area contributed by atoms with Gasteiger partial charge in [0.05, 0.1) is 25.4 Å². The molecule has 0 bridgehead atoms. The molecule has 12 heteroatoms. The van der Waals surface area contributed by atoms with E-state index in [1.165, 1.54) is 6.33 Å². The van der Waals surface area contributed by atoms with Gasteiger partial charge in [0.15, 0.2) is 11.4 Å². The second-order valence-corrected chi connectivity index (χ2v) is 10.0. The number of thioether (sulfide) groups is 1. The molecule has 2 aromatic carbocycles. The van der Waals surface area contributed by atoms with E-state index in [2.05, 4.69) is 32.7 Å². The van der Waals surface area contributed by atoms with Gasteiger partial charge in [-0.3, -0.25) is 9.89 Å². The zero-order valence-electron chi connectivity index (χ0n) is 21.8. The Labute approximate surface area is 231 Å². The molecule has 0 spiro atoms. The molecular weight excluding hydrogens is 522 g/mol. The van der Waals surface area contributed by atoms with Gasteiger partial charge in [-0.1, -0.05) is 67.2 Å². The number of esters is 1. The number of nitrogens with zero attached hydrogens (tertiary/aromatic N) is 2. The van der Waals surface area contributed by atoms with Crippen molar-refractivity contribution in [2.45, 2.75) is 50.7 Å². The van der Waals surface area contributed by atoms with Crippen molar-refractivity contribution in [3.63, 3.8) is 0 Å². The summed E-state index contributed by atoms with van der Waals surface area (Å²) >= 11 is 1.54. The molecule has 0 radical (unpaired) electrons. The fraction of sp³-hybridized carbons (Fsp3) is 0.407. The van der Waals surface area contributed by atoms with Gasteiger partial charge in [0, 0.05) is 23.8 Å². The molecule has 3 aromatic rings. The molecule has 208 valence electrons. The molecule has 4 rings (SSSR count). The molecule has 1 aliphatic heterocycles. The first kappa shape index (κ1) is 28.6. The molecule has 4 N–H and O–H groups in total. The van der Waals surface area contributed by atoms with Gasteiger partial charge in [0.25, 0.3) is 0 Å². The van der Waals surface area contributed by atoms with Gasteiger partial charge in [-0.25, -0.2) is 9.78 Å². The Morgan fingerprint density at radius 3 is 2.44 bits per heavy atom. The van der Waals surface area contributed by atoms with Crippen LogP contribution in [0.3, 0.4) is 0 Å². The van der Waals surface area contributed by atoms with Crippen LogP contribution in [0, 0.1) is 5.92 Å². The van der Waals surface area contributed by atoms with Crippen molar-refractivity contribution < 1.29 is 28.9 Å². The van der Waals surface area contributed by atoms with Crippen LogP contribution in [0.2, 0.25) is 0 Å². The zero-order chi connectivity index (χ0) is 27.6. The molecule has 1 aliphatic rings. The highest BCUT2D eigenvalue weighted by Crippen LogP contribution is 2.42. The van der Waals surface area contributed by atoms with E-state index in [1.807, 2.05) is 48.5 Å². The van der Waals surface area contributed by atoms with Crippen LogP contribution in [-0.2, 0) is 32.2 Å². The summed E-state index contributed by atoms with van der Waals surface area (Å²) < 4.78 is 17.7. The quantitative estimate of drug-likeness (QED) is 0.207. The molecular formula is C27H33N5O6S. The van der Waals surface area contributed by atoms with E-state index in [1.54, 1.807) is 18.7 Å². The molecule has 0 saturated carbocycles. The fourth-order valence-electron chi connectivity index (χ4n) is 4.14. The Hall–Kier alpha value is -3.45. The Balaban J connectivity index is 1.41. The molecule has 2 amide bonds. The largest absolute Gasteiger partial charge is 0.465 e. The predicted molar refractivity (Wildman–Crippen MR) is 143 cm³/mol. The van der Waals surface area contributed by atoms with Crippen LogP contribution in [0.25, 0.3) is 0 Å². The predicted octanol–water partition coefficient (Wildman–Crippen LogP) is 3.24. The molecule has 11 nitrogen and oxygen atoms in total. The number of rotatable bonds is 11. The van der Waals surface area contributed by atoms with Gasteiger partial charge in [-0.05, 0) is 23.6 Å². The number of aromatic amines is 1. The summed E-state index contributed by atoms with van der Waals surface area (Å²) in [5, 5.41) is 22.1. The van der Waals surface area contributed by atoms with Crippen LogP contribution < -0.4 is 10.6 Å². The van der Waals surface area contributed by atoms with Crippen molar-refractivity contribution in [3.05, 3.63) is 77.1 Å². The maximum absolute atomic E-state index is 12.0. The van der Waals surface area contributed by atoms with Crippen molar-refractivity contribution in [2.24, 2.45) is 5.92 Å². The molecule has 4 atom stereocenters. The Bertz CT molecular complexity index is 1190. The number of H-pyrrole nitrogens is 1. The number of aliphatic hydroxyl groups excluding tert-OH is 1. The summed E-state index contributed by atoms with van der Waals surface area (Å²) in [6.45, 7) is 4.16. The van der Waals surface area contributed by atoms with E-state index in [-0.39, 0.29) is 44.4 Å². The van der Waals surface area contributed by atoms with Gasteiger partial charge < -0.3 is 30.0 Å². The summed E-state index contributed by atoms with van der Waals surface area (Å²) in [4.78, 5) is 27.6. The number of hydrogen-bond donors (Lipinski definition) is 4. The Morgan fingerprint density at radius 1 is 1.05 bits per heavy atom. The summed E-state index contributed by atoms with van der Waals surface area (Å²) in [5.41, 5.74) is 3.58. The number of aliphatic hydroxyl groups is 1. The average Bonchev–Trinajstić information content (AvgIpc) is 3.49. The lowest BCUT2D eigenvalue weighted by Gasteiger charge is -2.41. The Morgan fingerprint density at radius 2 is 1.77 bits per heavy atom. The number of urea groups is 1. The summed E-state index contributed by atoms with van der Waals surface area (Å²) in [5.74, 6) is 0.219. The SMILES string of the molecule is CCOC(=O)CNC(=O)NCc1ccc(C2OC(CSc3ncn[nH]3)C(C)C(c3ccc(CO)cc3)O2)cc1. The fourth-order valence-corrected chi connectivity index (χ4v) is 5.08. The number of benzene rings is 2. The van der Waals surface area contributed by atoms with Gasteiger partial charge in [0.1, 0.15) is 12.9 Å². The third-order valence-corrected chi connectivity index (χ3v) is 7.27. The number of carbonyl (C=O) groups is 2. The van der Waals surface area contributed by atoms with Crippen LogP contribution in [0.15, 0.2) is 60.0 Å². The number of amides is 2. The van der Waals surface area contributed by atoms with Crippen molar-refractivity contribution >= 4 is 23.8 Å². The first-order valence-corrected chi connectivity index (χ1v) is 13.7. The van der Waals surface area contributed by atoms with E-state index in [9.17, 15) is 14.7 Å². The summed E-state index contributed by atoms with van der Waals surface area (Å²) in [6.07, 6.45) is 0.525. The second-order valence-electron chi connectivity index (χ2n) is 9.01. The Kier molecular flexibility index (Phi) is 10.3. The lowest BCUT2D eigenvalue weighted by atomic mass is 9.91. The third kappa shape index (κ3) is 8.02. The monoisotopic (exact) mass is 555 g/mol. The molecule has 4 unspecified atom stereocenters. The van der Waals surface area contributed by atoms with E-state index in [0.717, 1.165) is 27.4 Å². The van der Waals surface area contributed by atoms with Crippen LogP contribution >= 0.6 is 11.8 Å². The minimum atomic E-state index is -0.598. The minimum absolute atomic E-state index is 0.0161. The summed E-state index contributed by atoms with van der Waals surface area (Å²) in [7, 11) is 0. The van der Waals surface area contributed by atoms with Gasteiger partial charge in [-0.15, -0.1) is 0 Å². The van der Waals surface area contributed by atoms with Gasteiger partial charge in [-0.2, -0.15) is 5.10 Å². The molecule has 0 aliphatic carbocycles. The highest BCUT2D eigenvalue weighted by molar-refractivity contribution is 7.99. The van der Waals surface area contributed by atoms with E-state index < -0.39 is 18.3 Å². The maximum atomic E-state index is 12.0. The highest BCUT2D eigenvalue weighted by Gasteiger charge is 2.38. The first-order valence-electron chi connectivity index (χ1n) is 12.7. The molecule has 39 heavy (non-hydrogen) atoms. The maximum Gasteiger partial charge on any atom is 0.325 e. The molecule has 1 saturated heterocycles. The van der Waals surface area contributed by atoms with Crippen molar-refractivity contribution in [1.29, 1.82) is 0 Å². The highest BCUT2D eigenvalue weighted by atomic mass is 32.2. The average molecular weight is 556 g/mol. The van der Waals surface area contributed by atoms with Crippen molar-refractivity contribution in [2.75, 3.05) is 18.9 Å². The molecule has 2 heterocycles.